The molecule has 0 bridgehead atoms. The lowest BCUT2D eigenvalue weighted by atomic mass is 9.91. The van der Waals surface area contributed by atoms with Crippen molar-refractivity contribution in [2.24, 2.45) is 5.73 Å². The molecule has 5 unspecified atom stereocenters. The lowest BCUT2D eigenvalue weighted by Gasteiger charge is -2.22. The highest BCUT2D eigenvalue weighted by Gasteiger charge is 2.45. The zero-order valence-corrected chi connectivity index (χ0v) is 24.6. The summed E-state index contributed by atoms with van der Waals surface area (Å²) in [6.45, 7) is 3.93. The zero-order chi connectivity index (χ0) is 30.2. The van der Waals surface area contributed by atoms with E-state index in [1.165, 1.54) is 15.9 Å². The Kier molecular flexibility index (Phi) is 7.66. The summed E-state index contributed by atoms with van der Waals surface area (Å²) in [5, 5.41) is 38.4. The summed E-state index contributed by atoms with van der Waals surface area (Å²) in [6.07, 6.45) is 1.38. The zero-order valence-electron chi connectivity index (χ0n) is 24.6. The normalized spacial score (nSPS) is 23.7. The molecule has 5 aromatic rings. The van der Waals surface area contributed by atoms with Crippen LogP contribution < -0.4 is 16.0 Å². The van der Waals surface area contributed by atoms with Gasteiger partial charge in [-0.3, -0.25) is 0 Å². The topological polar surface area (TPSA) is 169 Å². The minimum atomic E-state index is -1.08. The first-order valence-corrected chi connectivity index (χ1v) is 15.2. The third-order valence-corrected chi connectivity index (χ3v) is 8.86. The molecule has 228 valence electrons. The summed E-state index contributed by atoms with van der Waals surface area (Å²) >= 11 is 0. The monoisotopic (exact) mass is 595 g/mol. The summed E-state index contributed by atoms with van der Waals surface area (Å²) < 4.78 is 1.85. The van der Waals surface area contributed by atoms with Gasteiger partial charge in [-0.2, -0.15) is 14.8 Å². The number of hydrogen-bond donors (Lipinski definition) is 4. The molecule has 2 aromatic carbocycles. The van der Waals surface area contributed by atoms with Gasteiger partial charge in [0, 0.05) is 38.0 Å². The number of tetrazole rings is 1. The number of hydrogen-bond acceptors (Lipinski definition) is 11. The lowest BCUT2D eigenvalue weighted by molar-refractivity contribution is 0.00473. The third kappa shape index (κ3) is 5.27. The minimum absolute atomic E-state index is 0.0481. The molecule has 1 saturated heterocycles. The predicted molar refractivity (Wildman–Crippen MR) is 165 cm³/mol. The molecule has 2 aliphatic rings. The number of imidazole rings is 1. The fourth-order valence-corrected chi connectivity index (χ4v) is 6.41. The van der Waals surface area contributed by atoms with Gasteiger partial charge >= 0.3 is 0 Å². The van der Waals surface area contributed by atoms with Crippen LogP contribution in [0.5, 0.6) is 0 Å². The Morgan fingerprint density at radius 3 is 2.32 bits per heavy atom. The van der Waals surface area contributed by atoms with E-state index in [0.29, 0.717) is 54.7 Å². The van der Waals surface area contributed by atoms with Crippen molar-refractivity contribution in [1.82, 2.24) is 39.7 Å². The van der Waals surface area contributed by atoms with E-state index in [0.717, 1.165) is 13.0 Å². The maximum atomic E-state index is 11.2. The first kappa shape index (κ1) is 28.3. The van der Waals surface area contributed by atoms with Crippen LogP contribution in [0.1, 0.15) is 54.7 Å². The van der Waals surface area contributed by atoms with Gasteiger partial charge in [0.1, 0.15) is 18.2 Å². The molecule has 2 fully saturated rings. The Labute approximate surface area is 254 Å². The summed E-state index contributed by atoms with van der Waals surface area (Å²) in [7, 11) is 0. The van der Waals surface area contributed by atoms with Crippen LogP contribution in [-0.4, -0.2) is 87.8 Å². The molecule has 13 nitrogen and oxygen atoms in total. The molecule has 5 atom stereocenters. The van der Waals surface area contributed by atoms with Gasteiger partial charge in [-0.25, -0.2) is 4.98 Å². The van der Waals surface area contributed by atoms with Crippen molar-refractivity contribution in [2.45, 2.75) is 62.4 Å². The Balaban J connectivity index is 1.25. The number of nitrogens with one attached hydrogen (secondary N) is 1. The average Bonchev–Trinajstić information content (AvgIpc) is 3.86. The third-order valence-electron chi connectivity index (χ3n) is 8.86. The first-order valence-electron chi connectivity index (χ1n) is 15.2. The van der Waals surface area contributed by atoms with Gasteiger partial charge in [0.15, 0.2) is 22.8 Å². The van der Waals surface area contributed by atoms with Crippen LogP contribution in [-0.2, 0) is 6.42 Å². The second kappa shape index (κ2) is 11.9. The van der Waals surface area contributed by atoms with E-state index in [1.54, 1.807) is 6.33 Å². The van der Waals surface area contributed by atoms with Gasteiger partial charge in [0.05, 0.1) is 12.4 Å². The van der Waals surface area contributed by atoms with E-state index < -0.39 is 24.3 Å². The van der Waals surface area contributed by atoms with Crippen LogP contribution in [0.4, 0.5) is 11.8 Å². The number of benzene rings is 2. The van der Waals surface area contributed by atoms with Crippen LogP contribution in [0.25, 0.3) is 11.2 Å². The minimum Gasteiger partial charge on any atom is -0.388 e. The van der Waals surface area contributed by atoms with Crippen LogP contribution in [0.3, 0.4) is 0 Å². The maximum absolute atomic E-state index is 11.2. The SMILES string of the molecule is CCc1nnn(C2CC(n3cnc4c(NCC(c5ccccc5)c5ccccc5)nc(N5CCC(N)C5)nc43)C(O)C2O)n1. The number of aromatic nitrogens is 8. The fraction of sp³-hybridized carbons (Fsp3) is 0.419. The van der Waals surface area contributed by atoms with Crippen molar-refractivity contribution in [3.63, 3.8) is 0 Å². The van der Waals surface area contributed by atoms with Gasteiger partial charge in [0.25, 0.3) is 0 Å². The number of rotatable bonds is 9. The van der Waals surface area contributed by atoms with Crippen LogP contribution in [0.15, 0.2) is 67.0 Å². The lowest BCUT2D eigenvalue weighted by Crippen LogP contribution is -2.31. The number of nitrogens with two attached hydrogens (primary N) is 1. The fourth-order valence-electron chi connectivity index (χ4n) is 6.41. The number of fused-ring (bicyclic) bond motifs is 1. The van der Waals surface area contributed by atoms with Crippen molar-refractivity contribution in [3.05, 3.63) is 83.9 Å². The highest BCUT2D eigenvalue weighted by molar-refractivity contribution is 5.84. The molecular formula is C31H37N11O2. The Bertz CT molecular complexity index is 1670. The number of aliphatic hydroxyl groups is 2. The Morgan fingerprint density at radius 1 is 0.977 bits per heavy atom. The largest absolute Gasteiger partial charge is 0.388 e. The molecule has 0 spiro atoms. The molecule has 1 aliphatic carbocycles. The van der Waals surface area contributed by atoms with E-state index in [9.17, 15) is 10.2 Å². The van der Waals surface area contributed by atoms with Crippen molar-refractivity contribution in [1.29, 1.82) is 0 Å². The molecule has 3 aromatic heterocycles. The second-order valence-corrected chi connectivity index (χ2v) is 11.7. The van der Waals surface area contributed by atoms with Gasteiger partial charge in [-0.1, -0.05) is 67.6 Å². The van der Waals surface area contributed by atoms with Crippen LogP contribution in [0.2, 0.25) is 0 Å². The molecule has 0 amide bonds. The predicted octanol–water partition coefficient (Wildman–Crippen LogP) is 2.06. The van der Waals surface area contributed by atoms with Gasteiger partial charge in [0.2, 0.25) is 5.95 Å². The number of aliphatic hydroxyl groups excluding tert-OH is 2. The molecule has 44 heavy (non-hydrogen) atoms. The van der Waals surface area contributed by atoms with Crippen molar-refractivity contribution in [2.75, 3.05) is 29.9 Å². The smallest absolute Gasteiger partial charge is 0.229 e. The van der Waals surface area contributed by atoms with E-state index >= 15 is 0 Å². The Hall–Kier alpha value is -4.46. The van der Waals surface area contributed by atoms with E-state index in [2.05, 4.69) is 74.2 Å². The van der Waals surface area contributed by atoms with Crippen LogP contribution in [0, 0.1) is 0 Å². The highest BCUT2D eigenvalue weighted by Crippen LogP contribution is 2.40. The number of nitrogens with zero attached hydrogens (tertiary/aromatic N) is 9. The maximum Gasteiger partial charge on any atom is 0.229 e. The highest BCUT2D eigenvalue weighted by atomic mass is 16.3. The molecule has 5 N–H and O–H groups in total. The van der Waals surface area contributed by atoms with E-state index in [-0.39, 0.29) is 12.0 Å². The summed E-state index contributed by atoms with van der Waals surface area (Å²) in [4.78, 5) is 18.1. The number of anilines is 2. The first-order chi connectivity index (χ1) is 21.5. The molecule has 7 rings (SSSR count). The number of aryl methyl sites for hydroxylation is 1. The van der Waals surface area contributed by atoms with Crippen LogP contribution >= 0.6 is 0 Å². The molecule has 1 aliphatic heterocycles. The molecular weight excluding hydrogens is 558 g/mol. The second-order valence-electron chi connectivity index (χ2n) is 11.7. The summed E-state index contributed by atoms with van der Waals surface area (Å²) in [6, 6.07) is 19.8. The molecule has 13 heteroatoms. The quantitative estimate of drug-likeness (QED) is 0.197. The Morgan fingerprint density at radius 2 is 1.68 bits per heavy atom. The molecule has 1 saturated carbocycles. The van der Waals surface area contributed by atoms with Crippen molar-refractivity contribution < 1.29 is 10.2 Å². The molecule has 0 radical (unpaired) electrons. The summed E-state index contributed by atoms with van der Waals surface area (Å²) in [5.41, 5.74) is 9.80. The van der Waals surface area contributed by atoms with E-state index in [1.807, 2.05) is 23.6 Å². The average molecular weight is 596 g/mol. The standard InChI is InChI=1S/C31H37N11O2/c1-2-25-37-39-42(38-25)24-15-23(27(43)28(24)44)41-18-34-26-29(35-31(36-30(26)41)40-14-13-21(32)17-40)33-16-22(19-9-5-3-6-10-19)20-11-7-4-8-12-20/h3-12,18,21-24,27-28,43-44H,2,13-17,32H2,1H3,(H,33,35,36). The van der Waals surface area contributed by atoms with Gasteiger partial charge < -0.3 is 30.7 Å². The van der Waals surface area contributed by atoms with Gasteiger partial charge in [-0.15, -0.1) is 10.2 Å². The summed E-state index contributed by atoms with van der Waals surface area (Å²) in [5.74, 6) is 1.82. The van der Waals surface area contributed by atoms with Crippen molar-refractivity contribution >= 4 is 22.9 Å². The van der Waals surface area contributed by atoms with Crippen molar-refractivity contribution in [3.8, 4) is 0 Å². The molecule has 4 heterocycles. The van der Waals surface area contributed by atoms with Gasteiger partial charge in [-0.05, 0) is 29.2 Å². The van der Waals surface area contributed by atoms with E-state index in [4.69, 9.17) is 20.7 Å².